The Morgan fingerprint density at radius 2 is 2.21 bits per heavy atom. The average molecular weight is 263 g/mol. The van der Waals surface area contributed by atoms with Crippen LogP contribution in [0.5, 0.6) is 5.88 Å². The molecule has 0 amide bonds. The quantitative estimate of drug-likeness (QED) is 0.834. The zero-order valence-corrected chi connectivity index (χ0v) is 11.3. The second kappa shape index (κ2) is 6.24. The Morgan fingerprint density at radius 3 is 2.95 bits per heavy atom. The van der Waals surface area contributed by atoms with Crippen molar-refractivity contribution in [2.45, 2.75) is 26.3 Å². The van der Waals surface area contributed by atoms with Crippen LogP contribution in [0.2, 0.25) is 0 Å². The van der Waals surface area contributed by atoms with E-state index in [0.29, 0.717) is 35.8 Å². The summed E-state index contributed by atoms with van der Waals surface area (Å²) in [5.74, 6) is 1.50. The maximum Gasteiger partial charge on any atom is 0.228 e. The highest BCUT2D eigenvalue weighted by molar-refractivity contribution is 5.49. The molecule has 0 bridgehead atoms. The van der Waals surface area contributed by atoms with E-state index in [-0.39, 0.29) is 0 Å². The Hall–Kier alpha value is -2.02. The van der Waals surface area contributed by atoms with Gasteiger partial charge in [-0.25, -0.2) is 9.97 Å². The summed E-state index contributed by atoms with van der Waals surface area (Å²) in [6, 6.07) is 2.11. The number of hydrogen-bond donors (Lipinski definition) is 1. The van der Waals surface area contributed by atoms with Crippen LogP contribution in [0.3, 0.4) is 0 Å². The molecule has 1 N–H and O–H groups in total. The minimum Gasteiger partial charge on any atom is -0.481 e. The minimum absolute atomic E-state index is 0.438. The normalized spacial score (nSPS) is 10.9. The van der Waals surface area contributed by atoms with Gasteiger partial charge in [-0.1, -0.05) is 19.0 Å². The van der Waals surface area contributed by atoms with Crippen LogP contribution in [-0.4, -0.2) is 39.8 Å². The first-order valence-electron chi connectivity index (χ1n) is 6.11. The summed E-state index contributed by atoms with van der Waals surface area (Å²) in [6.45, 7) is 4.98. The van der Waals surface area contributed by atoms with E-state index >= 15 is 0 Å². The highest BCUT2D eigenvalue weighted by Gasteiger charge is 2.11. The third-order valence-corrected chi connectivity index (χ3v) is 2.44. The van der Waals surface area contributed by atoms with Crippen molar-refractivity contribution in [3.63, 3.8) is 0 Å². The summed E-state index contributed by atoms with van der Waals surface area (Å²) in [7, 11) is 1.55. The summed E-state index contributed by atoms with van der Waals surface area (Å²) >= 11 is 0. The minimum atomic E-state index is 0.438. The van der Waals surface area contributed by atoms with Crippen LogP contribution in [-0.2, 0) is 6.42 Å². The van der Waals surface area contributed by atoms with E-state index in [1.807, 2.05) is 0 Å². The number of aromatic nitrogens is 4. The summed E-state index contributed by atoms with van der Waals surface area (Å²) in [5.41, 5.74) is 0.582. The number of rotatable bonds is 6. The van der Waals surface area contributed by atoms with Gasteiger partial charge >= 0.3 is 0 Å². The number of nitrogens with one attached hydrogen (secondary N) is 1. The van der Waals surface area contributed by atoms with E-state index in [9.17, 15) is 0 Å². The zero-order valence-electron chi connectivity index (χ0n) is 11.3. The largest absolute Gasteiger partial charge is 0.481 e. The Morgan fingerprint density at radius 1 is 1.37 bits per heavy atom. The summed E-state index contributed by atoms with van der Waals surface area (Å²) in [5, 5.41) is 7.19. The lowest BCUT2D eigenvalue weighted by Crippen LogP contribution is -2.25. The molecule has 102 valence electrons. The molecule has 7 nitrogen and oxygen atoms in total. The molecule has 2 aromatic rings. The molecular weight excluding hydrogens is 246 g/mol. The van der Waals surface area contributed by atoms with Crippen LogP contribution in [0.25, 0.3) is 11.5 Å². The smallest absolute Gasteiger partial charge is 0.228 e. The SMILES string of the molecule is COc1cc(-c2noc(CCNC(C)C)n2)ncn1. The molecule has 0 aliphatic heterocycles. The van der Waals surface area contributed by atoms with Crippen molar-refractivity contribution in [2.24, 2.45) is 0 Å². The lowest BCUT2D eigenvalue weighted by atomic mass is 10.3. The van der Waals surface area contributed by atoms with E-state index < -0.39 is 0 Å². The number of methoxy groups -OCH3 is 1. The van der Waals surface area contributed by atoms with Gasteiger partial charge in [0.1, 0.15) is 12.0 Å². The summed E-state index contributed by atoms with van der Waals surface area (Å²) in [4.78, 5) is 12.3. The number of nitrogens with zero attached hydrogens (tertiary/aromatic N) is 4. The van der Waals surface area contributed by atoms with Crippen molar-refractivity contribution in [3.8, 4) is 17.4 Å². The molecule has 0 aliphatic rings. The van der Waals surface area contributed by atoms with Crippen LogP contribution in [0.4, 0.5) is 0 Å². The van der Waals surface area contributed by atoms with E-state index in [0.717, 1.165) is 6.54 Å². The molecule has 0 unspecified atom stereocenters. The molecule has 2 rings (SSSR count). The van der Waals surface area contributed by atoms with Crippen molar-refractivity contribution in [1.29, 1.82) is 0 Å². The fourth-order valence-electron chi connectivity index (χ4n) is 1.50. The fraction of sp³-hybridized carbons (Fsp3) is 0.500. The van der Waals surface area contributed by atoms with Crippen molar-refractivity contribution in [1.82, 2.24) is 25.4 Å². The van der Waals surface area contributed by atoms with Gasteiger partial charge in [-0.15, -0.1) is 0 Å². The van der Waals surface area contributed by atoms with Crippen molar-refractivity contribution in [3.05, 3.63) is 18.3 Å². The van der Waals surface area contributed by atoms with E-state index in [1.165, 1.54) is 6.33 Å². The van der Waals surface area contributed by atoms with Gasteiger partial charge in [0.25, 0.3) is 0 Å². The molecule has 19 heavy (non-hydrogen) atoms. The third kappa shape index (κ3) is 3.72. The zero-order chi connectivity index (χ0) is 13.7. The molecule has 0 saturated carbocycles. The van der Waals surface area contributed by atoms with Crippen LogP contribution < -0.4 is 10.1 Å². The standard InChI is InChI=1S/C12H17N5O2/c1-8(2)13-5-4-10-16-12(17-19-10)9-6-11(18-3)15-7-14-9/h6-8,13H,4-5H2,1-3H3. The molecule has 0 fully saturated rings. The third-order valence-electron chi connectivity index (χ3n) is 2.44. The summed E-state index contributed by atoms with van der Waals surface area (Å²) in [6.07, 6.45) is 2.10. The van der Waals surface area contributed by atoms with Crippen molar-refractivity contribution < 1.29 is 9.26 Å². The number of hydrogen-bond acceptors (Lipinski definition) is 7. The van der Waals surface area contributed by atoms with Gasteiger partial charge < -0.3 is 14.6 Å². The van der Waals surface area contributed by atoms with Crippen LogP contribution in [0.1, 0.15) is 19.7 Å². The molecule has 0 aromatic carbocycles. The maximum absolute atomic E-state index is 5.17. The van der Waals surface area contributed by atoms with Gasteiger partial charge in [0, 0.05) is 25.1 Å². The second-order valence-electron chi connectivity index (χ2n) is 4.32. The number of ether oxygens (including phenoxy) is 1. The molecule has 7 heteroatoms. The highest BCUT2D eigenvalue weighted by atomic mass is 16.5. The average Bonchev–Trinajstić information content (AvgIpc) is 2.87. The van der Waals surface area contributed by atoms with E-state index in [1.54, 1.807) is 13.2 Å². The van der Waals surface area contributed by atoms with Gasteiger partial charge in [0.05, 0.1) is 7.11 Å². The Labute approximate surface area is 111 Å². The molecule has 0 radical (unpaired) electrons. The molecular formula is C12H17N5O2. The highest BCUT2D eigenvalue weighted by Crippen LogP contribution is 2.16. The predicted octanol–water partition coefficient (Wildman–Crippen LogP) is 1.08. The first kappa shape index (κ1) is 13.4. The van der Waals surface area contributed by atoms with Gasteiger partial charge in [-0.05, 0) is 0 Å². The molecule has 0 atom stereocenters. The van der Waals surface area contributed by atoms with Crippen LogP contribution in [0, 0.1) is 0 Å². The molecule has 0 aliphatic carbocycles. The van der Waals surface area contributed by atoms with E-state index in [2.05, 4.69) is 39.3 Å². The molecule has 0 saturated heterocycles. The molecule has 2 aromatic heterocycles. The Balaban J connectivity index is 2.03. The maximum atomic E-state index is 5.17. The van der Waals surface area contributed by atoms with Gasteiger partial charge in [0.15, 0.2) is 0 Å². The van der Waals surface area contributed by atoms with Crippen LogP contribution >= 0.6 is 0 Å². The Bertz CT molecular complexity index is 526. The fourth-order valence-corrected chi connectivity index (χ4v) is 1.50. The van der Waals surface area contributed by atoms with Gasteiger partial charge in [0.2, 0.25) is 17.6 Å². The first-order chi connectivity index (χ1) is 9.19. The van der Waals surface area contributed by atoms with Crippen molar-refractivity contribution >= 4 is 0 Å². The molecule has 0 spiro atoms. The van der Waals surface area contributed by atoms with Gasteiger partial charge in [-0.2, -0.15) is 4.98 Å². The Kier molecular flexibility index (Phi) is 4.40. The topological polar surface area (TPSA) is 86.0 Å². The first-order valence-corrected chi connectivity index (χ1v) is 6.11. The second-order valence-corrected chi connectivity index (χ2v) is 4.32. The monoisotopic (exact) mass is 263 g/mol. The van der Waals surface area contributed by atoms with Gasteiger partial charge in [-0.3, -0.25) is 0 Å². The summed E-state index contributed by atoms with van der Waals surface area (Å²) < 4.78 is 10.2. The van der Waals surface area contributed by atoms with E-state index in [4.69, 9.17) is 9.26 Å². The lowest BCUT2D eigenvalue weighted by molar-refractivity contribution is 0.374. The van der Waals surface area contributed by atoms with Crippen LogP contribution in [0.15, 0.2) is 16.9 Å². The van der Waals surface area contributed by atoms with Crippen molar-refractivity contribution in [2.75, 3.05) is 13.7 Å². The predicted molar refractivity (Wildman–Crippen MR) is 68.7 cm³/mol. The lowest BCUT2D eigenvalue weighted by Gasteiger charge is -2.04. The molecule has 2 heterocycles.